The molecule has 2 rings (SSSR count). The van der Waals surface area contributed by atoms with E-state index in [0.717, 1.165) is 38.9 Å². The highest BCUT2D eigenvalue weighted by Gasteiger charge is 2.23. The quantitative estimate of drug-likeness (QED) is 0.907. The van der Waals surface area contributed by atoms with Crippen molar-refractivity contribution in [3.8, 4) is 0 Å². The zero-order valence-electron chi connectivity index (χ0n) is 12.7. The largest absolute Gasteiger partial charge is 0.342 e. The molecule has 1 fully saturated rings. The zero-order valence-corrected chi connectivity index (χ0v) is 13.5. The molecule has 4 nitrogen and oxygen atoms in total. The van der Waals surface area contributed by atoms with Gasteiger partial charge in [-0.15, -0.1) is 11.3 Å². The molecule has 1 amide bonds. The van der Waals surface area contributed by atoms with Gasteiger partial charge in [-0.2, -0.15) is 0 Å². The molecule has 0 aromatic carbocycles. The highest BCUT2D eigenvalue weighted by Crippen LogP contribution is 2.16. The highest BCUT2D eigenvalue weighted by atomic mass is 32.1. The van der Waals surface area contributed by atoms with Crippen LogP contribution in [0.4, 0.5) is 0 Å². The third-order valence-electron chi connectivity index (χ3n) is 3.77. The Labute approximate surface area is 125 Å². The van der Waals surface area contributed by atoms with Crippen LogP contribution in [0, 0.1) is 5.92 Å². The first-order chi connectivity index (χ1) is 9.60. The smallest absolute Gasteiger partial charge is 0.225 e. The van der Waals surface area contributed by atoms with Crippen molar-refractivity contribution in [2.75, 3.05) is 13.1 Å². The number of nitrogens with one attached hydrogen (secondary N) is 1. The fourth-order valence-electron chi connectivity index (χ4n) is 2.51. The number of thiazole rings is 1. The number of aromatic nitrogens is 1. The van der Waals surface area contributed by atoms with Crippen molar-refractivity contribution in [3.63, 3.8) is 0 Å². The Kier molecular flexibility index (Phi) is 5.54. The monoisotopic (exact) mass is 295 g/mol. The summed E-state index contributed by atoms with van der Waals surface area (Å²) in [6, 6.07) is 0.526. The summed E-state index contributed by atoms with van der Waals surface area (Å²) in [4.78, 5) is 19.6. The number of aryl methyl sites for hydroxylation is 1. The zero-order chi connectivity index (χ0) is 14.5. The molecule has 0 atom stereocenters. The molecular weight excluding hydrogens is 270 g/mol. The Morgan fingerprint density at radius 2 is 2.20 bits per heavy atom. The van der Waals surface area contributed by atoms with Gasteiger partial charge in [-0.1, -0.05) is 20.8 Å². The standard InChI is InChI=1S/C15H25N3OS/c1-4-14-17-10-13(20-14)9-16-12-5-7-18(8-6-12)15(19)11(2)3/h10-12,16H,4-9H2,1-3H3. The summed E-state index contributed by atoms with van der Waals surface area (Å²) in [6.45, 7) is 8.76. The number of piperidine rings is 1. The molecule has 0 bridgehead atoms. The minimum absolute atomic E-state index is 0.115. The molecule has 0 aliphatic carbocycles. The average Bonchev–Trinajstić information content (AvgIpc) is 2.93. The maximum absolute atomic E-state index is 11.9. The van der Waals surface area contributed by atoms with Crippen LogP contribution in [-0.2, 0) is 17.8 Å². The second-order valence-corrected chi connectivity index (χ2v) is 6.91. The number of amides is 1. The topological polar surface area (TPSA) is 45.2 Å². The van der Waals surface area contributed by atoms with Crippen LogP contribution in [0.15, 0.2) is 6.20 Å². The van der Waals surface area contributed by atoms with Crippen LogP contribution in [0.2, 0.25) is 0 Å². The van der Waals surface area contributed by atoms with E-state index in [0.29, 0.717) is 11.9 Å². The van der Waals surface area contributed by atoms with E-state index in [9.17, 15) is 4.79 Å². The molecule has 0 spiro atoms. The number of likely N-dealkylation sites (tertiary alicyclic amines) is 1. The predicted molar refractivity (Wildman–Crippen MR) is 82.8 cm³/mol. The Bertz CT molecular complexity index is 436. The minimum atomic E-state index is 0.115. The number of nitrogens with zero attached hydrogens (tertiary/aromatic N) is 2. The number of hydrogen-bond donors (Lipinski definition) is 1. The number of carbonyl (C=O) groups excluding carboxylic acids is 1. The van der Waals surface area contributed by atoms with Gasteiger partial charge >= 0.3 is 0 Å². The number of rotatable bonds is 5. The van der Waals surface area contributed by atoms with Gasteiger partial charge in [0, 0.05) is 42.7 Å². The van der Waals surface area contributed by atoms with Crippen molar-refractivity contribution in [1.82, 2.24) is 15.2 Å². The summed E-state index contributed by atoms with van der Waals surface area (Å²) < 4.78 is 0. The van der Waals surface area contributed by atoms with E-state index < -0.39 is 0 Å². The second kappa shape index (κ2) is 7.18. The lowest BCUT2D eigenvalue weighted by Crippen LogP contribution is -2.45. The van der Waals surface area contributed by atoms with Crippen molar-refractivity contribution in [2.24, 2.45) is 5.92 Å². The Balaban J connectivity index is 1.73. The second-order valence-electron chi connectivity index (χ2n) is 5.71. The first-order valence-corrected chi connectivity index (χ1v) is 8.37. The maximum atomic E-state index is 11.9. The lowest BCUT2D eigenvalue weighted by atomic mass is 10.0. The molecule has 1 aliphatic heterocycles. The number of hydrogen-bond acceptors (Lipinski definition) is 4. The molecule has 1 aliphatic rings. The molecule has 0 saturated carbocycles. The van der Waals surface area contributed by atoms with Gasteiger partial charge in [0.05, 0.1) is 5.01 Å². The minimum Gasteiger partial charge on any atom is -0.342 e. The van der Waals surface area contributed by atoms with Crippen LogP contribution in [0.25, 0.3) is 0 Å². The van der Waals surface area contributed by atoms with E-state index in [1.807, 2.05) is 24.9 Å². The molecule has 20 heavy (non-hydrogen) atoms. The third-order valence-corrected chi connectivity index (χ3v) is 4.91. The van der Waals surface area contributed by atoms with Crippen LogP contribution in [0.1, 0.15) is 43.5 Å². The van der Waals surface area contributed by atoms with Gasteiger partial charge in [-0.3, -0.25) is 4.79 Å². The van der Waals surface area contributed by atoms with Crippen molar-refractivity contribution in [1.29, 1.82) is 0 Å². The van der Waals surface area contributed by atoms with E-state index in [-0.39, 0.29) is 5.92 Å². The van der Waals surface area contributed by atoms with Gasteiger partial charge in [0.1, 0.15) is 0 Å². The number of carbonyl (C=O) groups is 1. The molecule has 1 aromatic heterocycles. The molecular formula is C15H25N3OS. The van der Waals surface area contributed by atoms with Crippen molar-refractivity contribution in [3.05, 3.63) is 16.1 Å². The molecule has 1 N–H and O–H groups in total. The van der Waals surface area contributed by atoms with Crippen molar-refractivity contribution < 1.29 is 4.79 Å². The summed E-state index contributed by atoms with van der Waals surface area (Å²) >= 11 is 1.79. The fraction of sp³-hybridized carbons (Fsp3) is 0.733. The first kappa shape index (κ1) is 15.4. The average molecular weight is 295 g/mol. The summed E-state index contributed by atoms with van der Waals surface area (Å²) in [5.41, 5.74) is 0. The lowest BCUT2D eigenvalue weighted by Gasteiger charge is -2.33. The Hall–Kier alpha value is -0.940. The molecule has 0 unspecified atom stereocenters. The molecule has 1 saturated heterocycles. The summed E-state index contributed by atoms with van der Waals surface area (Å²) in [7, 11) is 0. The maximum Gasteiger partial charge on any atom is 0.225 e. The highest BCUT2D eigenvalue weighted by molar-refractivity contribution is 7.11. The SMILES string of the molecule is CCc1ncc(CNC2CCN(C(=O)C(C)C)CC2)s1. The summed E-state index contributed by atoms with van der Waals surface area (Å²) in [5.74, 6) is 0.405. The predicted octanol–water partition coefficient (Wildman–Crippen LogP) is 2.44. The van der Waals surface area contributed by atoms with Gasteiger partial charge in [0.15, 0.2) is 0 Å². The fourth-order valence-corrected chi connectivity index (χ4v) is 3.32. The van der Waals surface area contributed by atoms with Crippen molar-refractivity contribution >= 4 is 17.2 Å². The van der Waals surface area contributed by atoms with Crippen LogP contribution in [0.3, 0.4) is 0 Å². The van der Waals surface area contributed by atoms with Crippen LogP contribution in [0.5, 0.6) is 0 Å². The first-order valence-electron chi connectivity index (χ1n) is 7.56. The third kappa shape index (κ3) is 4.03. The van der Waals surface area contributed by atoms with E-state index in [4.69, 9.17) is 0 Å². The Morgan fingerprint density at radius 3 is 2.75 bits per heavy atom. The Morgan fingerprint density at radius 1 is 1.50 bits per heavy atom. The molecule has 0 radical (unpaired) electrons. The van der Waals surface area contributed by atoms with Gasteiger partial charge in [0.25, 0.3) is 0 Å². The van der Waals surface area contributed by atoms with E-state index >= 15 is 0 Å². The van der Waals surface area contributed by atoms with E-state index in [2.05, 4.69) is 17.2 Å². The van der Waals surface area contributed by atoms with Gasteiger partial charge in [-0.05, 0) is 19.3 Å². The normalized spacial score (nSPS) is 16.9. The van der Waals surface area contributed by atoms with Crippen LogP contribution >= 0.6 is 11.3 Å². The summed E-state index contributed by atoms with van der Waals surface area (Å²) in [6.07, 6.45) is 5.10. The van der Waals surface area contributed by atoms with Crippen LogP contribution in [-0.4, -0.2) is 34.9 Å². The molecule has 112 valence electrons. The van der Waals surface area contributed by atoms with E-state index in [1.165, 1.54) is 9.88 Å². The van der Waals surface area contributed by atoms with E-state index in [1.54, 1.807) is 11.3 Å². The lowest BCUT2D eigenvalue weighted by molar-refractivity contribution is -0.135. The van der Waals surface area contributed by atoms with Crippen LogP contribution < -0.4 is 5.32 Å². The van der Waals surface area contributed by atoms with Gasteiger partial charge in [-0.25, -0.2) is 4.98 Å². The van der Waals surface area contributed by atoms with Gasteiger partial charge < -0.3 is 10.2 Å². The van der Waals surface area contributed by atoms with Gasteiger partial charge in [0.2, 0.25) is 5.91 Å². The molecule has 1 aromatic rings. The van der Waals surface area contributed by atoms with Crippen molar-refractivity contribution in [2.45, 2.75) is 52.6 Å². The molecule has 2 heterocycles. The summed E-state index contributed by atoms with van der Waals surface area (Å²) in [5, 5.41) is 4.80. The molecule has 5 heteroatoms.